The van der Waals surface area contributed by atoms with E-state index >= 15 is 0 Å². The summed E-state index contributed by atoms with van der Waals surface area (Å²) in [6.07, 6.45) is 0. The maximum Gasteiger partial charge on any atom is 0.213 e. The van der Waals surface area contributed by atoms with Crippen LogP contribution < -0.4 is 5.73 Å². The second kappa shape index (κ2) is 14.8. The van der Waals surface area contributed by atoms with Crippen LogP contribution in [0.25, 0.3) is 0 Å². The van der Waals surface area contributed by atoms with Crippen LogP contribution in [0.2, 0.25) is 0 Å². The Kier molecular flexibility index (Phi) is 18.1. The first-order chi connectivity index (χ1) is 8.97. The third-order valence-corrected chi connectivity index (χ3v) is 2.81. The van der Waals surface area contributed by atoms with Crippen molar-refractivity contribution in [2.24, 2.45) is 5.16 Å². The number of nitrogens with zero attached hydrogens (tertiary/aromatic N) is 1. The second-order valence-corrected chi connectivity index (χ2v) is 5.07. The van der Waals surface area contributed by atoms with Crippen LogP contribution in [0.4, 0.5) is 0 Å². The third kappa shape index (κ3) is 22.6. The molecule has 0 bridgehead atoms. The molecular weight excluding hydrogens is 321 g/mol. The predicted molar refractivity (Wildman–Crippen MR) is 87.3 cm³/mol. The van der Waals surface area contributed by atoms with Gasteiger partial charge in [0.25, 0.3) is 0 Å². The van der Waals surface area contributed by atoms with Crippen molar-refractivity contribution < 1.29 is 29.7 Å². The average molecular weight is 343 g/mol. The summed E-state index contributed by atoms with van der Waals surface area (Å²) in [4.78, 5) is 44.2. The molecule has 4 unspecified atom stereocenters. The summed E-state index contributed by atoms with van der Waals surface area (Å²) in [5, 5.41) is 3.37. The normalized spacial score (nSPS) is 10.9. The van der Waals surface area contributed by atoms with Gasteiger partial charge in [0.15, 0.2) is 11.3 Å². The summed E-state index contributed by atoms with van der Waals surface area (Å²) in [6.45, 7) is 4.57. The van der Waals surface area contributed by atoms with Gasteiger partial charge in [0.2, 0.25) is 11.0 Å². The van der Waals surface area contributed by atoms with Crippen LogP contribution in [0.3, 0.4) is 0 Å². The van der Waals surface area contributed by atoms with E-state index in [9.17, 15) is 19.2 Å². The minimum absolute atomic E-state index is 0.0648. The third-order valence-electron chi connectivity index (χ3n) is 1.42. The number of rotatable bonds is 4. The molecule has 0 amide bonds. The first-order valence-corrected chi connectivity index (χ1v) is 7.00. The van der Waals surface area contributed by atoms with Gasteiger partial charge in [-0.25, -0.2) is 0 Å². The van der Waals surface area contributed by atoms with Crippen molar-refractivity contribution in [1.82, 2.24) is 0 Å². The van der Waals surface area contributed by atoms with Gasteiger partial charge in [-0.3, -0.25) is 19.2 Å². The van der Waals surface area contributed by atoms with Crippen LogP contribution in [-0.4, -0.2) is 41.2 Å². The van der Waals surface area contributed by atoms with Crippen LogP contribution >= 0.6 is 27.7 Å². The topological polar surface area (TPSA) is 118 Å². The maximum absolute atomic E-state index is 10.3. The van der Waals surface area contributed by atoms with Gasteiger partial charge in [0.05, 0.1) is 0 Å². The molecule has 0 aromatic rings. The van der Waals surface area contributed by atoms with Crippen molar-refractivity contribution in [2.75, 3.05) is 7.11 Å². The predicted octanol–water partition coefficient (Wildman–Crippen LogP) is -0.594. The zero-order valence-corrected chi connectivity index (χ0v) is 15.5. The van der Waals surface area contributed by atoms with Gasteiger partial charge < -0.3 is 10.6 Å². The highest BCUT2D eigenvalue weighted by Gasteiger charge is 2.00. The number of quaternary nitrogens is 1. The van der Waals surface area contributed by atoms with Crippen molar-refractivity contribution in [3.05, 3.63) is 0 Å². The fourth-order valence-corrected chi connectivity index (χ4v) is 0.235. The molecule has 0 saturated carbocycles. The molecule has 0 heterocycles. The van der Waals surface area contributed by atoms with E-state index < -0.39 is 11.3 Å². The number of hydrogen-bond donors (Lipinski definition) is 1. The smallest absolute Gasteiger partial charge is 0.213 e. The van der Waals surface area contributed by atoms with E-state index in [0.29, 0.717) is 5.71 Å². The molecule has 0 spiro atoms. The van der Waals surface area contributed by atoms with Crippen molar-refractivity contribution in [3.8, 4) is 0 Å². The van der Waals surface area contributed by atoms with E-state index in [0.717, 1.165) is 0 Å². The Labute approximate surface area is 125 Å². The zero-order chi connectivity index (χ0) is 16.9. The van der Waals surface area contributed by atoms with Crippen molar-refractivity contribution in [2.45, 2.75) is 26.8 Å². The number of ketones is 1. The SMILES string of the molecule is CC(=O)C(=O)P.CC([NH3+])C(=O)P.CO/N=C(/C)C(=O)P. The largest absolute Gasteiger partial charge is 0.399 e. The number of Topliss-reactive ketones (excluding diaryl/α,β-unsaturated/α-hetero) is 1. The molecule has 0 rings (SSSR count). The lowest BCUT2D eigenvalue weighted by Gasteiger charge is -1.88. The standard InChI is InChI=1S/C4H8NO2P.C3H8NOP.C3H5O2P/c1-3(4(6)8)5-7-2;2*1-2(4)3(5)6/h8H2,1-2H3;2H,4,6H2,1H3;6H2,1H3/p+1/b5-3-;;. The number of carbonyl (C=O) groups excluding carboxylic acids is 4. The second-order valence-electron chi connectivity index (χ2n) is 3.45. The Morgan fingerprint density at radius 2 is 1.35 bits per heavy atom. The van der Waals surface area contributed by atoms with E-state index in [1.54, 1.807) is 23.1 Å². The lowest BCUT2D eigenvalue weighted by atomic mass is 10.4. The fraction of sp³-hybridized carbons (Fsp3) is 0.500. The molecule has 20 heavy (non-hydrogen) atoms. The molecule has 0 radical (unpaired) electrons. The summed E-state index contributed by atoms with van der Waals surface area (Å²) in [6, 6.07) is -0.0741. The summed E-state index contributed by atoms with van der Waals surface area (Å²) in [5.74, 6) is -0.417. The highest BCUT2D eigenvalue weighted by molar-refractivity contribution is 7.45. The first kappa shape index (κ1) is 24.4. The molecule has 0 fully saturated rings. The highest BCUT2D eigenvalue weighted by Crippen LogP contribution is 1.88. The molecule has 4 atom stereocenters. The number of hydrogen-bond acceptors (Lipinski definition) is 6. The molecule has 0 aliphatic carbocycles. The molecule has 116 valence electrons. The van der Waals surface area contributed by atoms with Crippen LogP contribution in [0.5, 0.6) is 0 Å². The van der Waals surface area contributed by atoms with E-state index in [1.165, 1.54) is 14.0 Å². The molecule has 0 saturated heterocycles. The quantitative estimate of drug-likeness (QED) is 0.317. The van der Waals surface area contributed by atoms with Crippen LogP contribution in [0, 0.1) is 0 Å². The van der Waals surface area contributed by atoms with E-state index in [2.05, 4.69) is 25.0 Å². The fourth-order valence-electron chi connectivity index (χ4n) is 0.182. The van der Waals surface area contributed by atoms with Gasteiger partial charge in [-0.1, -0.05) is 32.9 Å². The van der Waals surface area contributed by atoms with E-state index in [-0.39, 0.29) is 17.1 Å². The zero-order valence-electron chi connectivity index (χ0n) is 12.0. The van der Waals surface area contributed by atoms with Gasteiger partial charge in [0.1, 0.15) is 18.9 Å². The van der Waals surface area contributed by atoms with Gasteiger partial charge in [-0.15, -0.1) is 0 Å². The van der Waals surface area contributed by atoms with Gasteiger partial charge in [0, 0.05) is 6.92 Å². The van der Waals surface area contributed by atoms with Crippen molar-refractivity contribution in [3.63, 3.8) is 0 Å². The summed E-state index contributed by atoms with van der Waals surface area (Å²) in [5.41, 5.74) is 3.28. The van der Waals surface area contributed by atoms with Gasteiger partial charge in [-0.05, 0) is 13.8 Å². The average Bonchev–Trinajstić information content (AvgIpc) is 2.30. The molecule has 7 nitrogen and oxygen atoms in total. The van der Waals surface area contributed by atoms with Crippen LogP contribution in [0.1, 0.15) is 20.8 Å². The van der Waals surface area contributed by atoms with Crippen LogP contribution in [-0.2, 0) is 24.0 Å². The van der Waals surface area contributed by atoms with Gasteiger partial charge >= 0.3 is 0 Å². The van der Waals surface area contributed by atoms with E-state index in [4.69, 9.17) is 0 Å². The maximum atomic E-state index is 10.3. The summed E-state index contributed by atoms with van der Waals surface area (Å²) >= 11 is 0. The Hall–Kier alpha value is -0.600. The van der Waals surface area contributed by atoms with E-state index in [1.807, 2.05) is 9.24 Å². The molecular formula is C10H22N2O5P3+. The first-order valence-electron chi connectivity index (χ1n) is 5.27. The minimum Gasteiger partial charge on any atom is -0.399 e. The molecule has 10 heteroatoms. The summed E-state index contributed by atoms with van der Waals surface area (Å²) in [7, 11) is 7.25. The molecule has 3 N–H and O–H groups in total. The van der Waals surface area contributed by atoms with Crippen molar-refractivity contribution in [1.29, 1.82) is 0 Å². The highest BCUT2D eigenvalue weighted by atomic mass is 31.0. The Morgan fingerprint density at radius 3 is 1.40 bits per heavy atom. The number of oxime groups is 1. The van der Waals surface area contributed by atoms with Gasteiger partial charge in [-0.2, -0.15) is 0 Å². The van der Waals surface area contributed by atoms with Crippen molar-refractivity contribution >= 4 is 55.8 Å². The molecule has 0 aliphatic heterocycles. The lowest BCUT2D eigenvalue weighted by Crippen LogP contribution is -2.61. The molecule has 0 aliphatic rings. The monoisotopic (exact) mass is 343 g/mol. The molecule has 0 aromatic heterocycles. The Bertz CT molecular complexity index is 371. The summed E-state index contributed by atoms with van der Waals surface area (Å²) < 4.78 is 0. The molecule has 0 aromatic carbocycles. The van der Waals surface area contributed by atoms with Crippen LogP contribution in [0.15, 0.2) is 5.16 Å². The minimum atomic E-state index is -0.463. The number of carbonyl (C=O) groups is 4. The Morgan fingerprint density at radius 1 is 1.05 bits per heavy atom. The Balaban J connectivity index is -0.000000221. The lowest BCUT2D eigenvalue weighted by molar-refractivity contribution is -0.395.